The predicted molar refractivity (Wildman–Crippen MR) is 113 cm³/mol. The Balaban J connectivity index is 1.83. The molecule has 0 amide bonds. The van der Waals surface area contributed by atoms with E-state index in [0.717, 1.165) is 10.3 Å². The molecule has 0 radical (unpaired) electrons. The van der Waals surface area contributed by atoms with Gasteiger partial charge in [-0.1, -0.05) is 39.1 Å². The second-order valence-corrected chi connectivity index (χ2v) is 7.90. The number of benzene rings is 1. The van der Waals surface area contributed by atoms with E-state index in [1.165, 1.54) is 6.20 Å². The van der Waals surface area contributed by atoms with Crippen LogP contribution in [-0.2, 0) is 4.74 Å². The molecule has 1 aliphatic heterocycles. The van der Waals surface area contributed by atoms with Gasteiger partial charge in [0.2, 0.25) is 0 Å². The van der Waals surface area contributed by atoms with Gasteiger partial charge in [0.15, 0.2) is 5.65 Å². The summed E-state index contributed by atoms with van der Waals surface area (Å²) in [5.74, 6) is -0.336. The number of morpholine rings is 1. The van der Waals surface area contributed by atoms with Gasteiger partial charge < -0.3 is 20.1 Å². The highest BCUT2D eigenvalue weighted by molar-refractivity contribution is 9.10. The molecular formula is C18H15BrCl2N4O3. The van der Waals surface area contributed by atoms with E-state index in [4.69, 9.17) is 27.9 Å². The molecule has 0 atom stereocenters. The fraction of sp³-hybridized carbons (Fsp3) is 0.222. The molecule has 2 N–H and O–H groups in total. The topological polar surface area (TPSA) is 79.1 Å². The van der Waals surface area contributed by atoms with Gasteiger partial charge in [-0.3, -0.25) is 4.40 Å². The molecule has 10 heteroatoms. The van der Waals surface area contributed by atoms with Gasteiger partial charge in [0.05, 0.1) is 35.8 Å². The third-order valence-electron chi connectivity index (χ3n) is 4.48. The van der Waals surface area contributed by atoms with Crippen molar-refractivity contribution in [2.45, 2.75) is 0 Å². The first-order valence-corrected chi connectivity index (χ1v) is 9.98. The first kappa shape index (κ1) is 19.3. The van der Waals surface area contributed by atoms with E-state index >= 15 is 0 Å². The summed E-state index contributed by atoms with van der Waals surface area (Å²) in [4.78, 5) is 18.4. The van der Waals surface area contributed by atoms with E-state index in [2.05, 4.69) is 31.1 Å². The average molecular weight is 486 g/mol. The number of aromatic carboxylic acids is 1. The molecule has 4 rings (SSSR count). The maximum atomic E-state index is 11.9. The van der Waals surface area contributed by atoms with Crippen LogP contribution in [0.5, 0.6) is 0 Å². The summed E-state index contributed by atoms with van der Waals surface area (Å²) in [6.45, 7) is 2.60. The number of carboxylic acids is 1. The van der Waals surface area contributed by atoms with Gasteiger partial charge in [-0.25, -0.2) is 9.78 Å². The van der Waals surface area contributed by atoms with Gasteiger partial charge in [-0.05, 0) is 18.2 Å². The number of halogens is 3. The molecule has 2 aromatic heterocycles. The maximum absolute atomic E-state index is 11.9. The molecule has 0 unspecified atom stereocenters. The molecule has 3 aromatic rings. The summed E-state index contributed by atoms with van der Waals surface area (Å²) in [6, 6.07) is 5.25. The quantitative estimate of drug-likeness (QED) is 0.558. The number of carbonyl (C=O) groups is 1. The third kappa shape index (κ3) is 3.53. The first-order valence-electron chi connectivity index (χ1n) is 8.43. The van der Waals surface area contributed by atoms with E-state index in [1.54, 1.807) is 28.8 Å². The molecule has 1 aromatic carbocycles. The van der Waals surface area contributed by atoms with E-state index in [0.29, 0.717) is 42.7 Å². The number of fused-ring (bicyclic) bond motifs is 1. The lowest BCUT2D eigenvalue weighted by atomic mass is 10.2. The van der Waals surface area contributed by atoms with Crippen molar-refractivity contribution < 1.29 is 14.6 Å². The number of nitrogens with one attached hydrogen (secondary N) is 1. The van der Waals surface area contributed by atoms with Crippen LogP contribution in [0.1, 0.15) is 10.4 Å². The molecule has 1 saturated heterocycles. The molecule has 1 aliphatic rings. The Morgan fingerprint density at radius 1 is 1.29 bits per heavy atom. The Morgan fingerprint density at radius 2 is 2.04 bits per heavy atom. The summed E-state index contributed by atoms with van der Waals surface area (Å²) in [5, 5.41) is 13.5. The van der Waals surface area contributed by atoms with Crippen molar-refractivity contribution in [2.75, 3.05) is 36.5 Å². The number of nitrogens with zero attached hydrogens (tertiary/aromatic N) is 3. The number of hydrogen-bond donors (Lipinski definition) is 2. The van der Waals surface area contributed by atoms with Crippen LogP contribution < -0.4 is 10.2 Å². The highest BCUT2D eigenvalue weighted by Crippen LogP contribution is 2.37. The summed E-state index contributed by atoms with van der Waals surface area (Å²) >= 11 is 16.2. The van der Waals surface area contributed by atoms with Crippen LogP contribution >= 0.6 is 39.1 Å². The lowest BCUT2D eigenvalue weighted by Crippen LogP contribution is -2.36. The SMILES string of the molecule is O=C(O)c1cn2c(N3CCOCC3)cnc2c(Cl)c1Nc1ccc(Br)cc1Cl. The zero-order valence-corrected chi connectivity index (χ0v) is 17.6. The minimum absolute atomic E-state index is 0.0176. The first-order chi connectivity index (χ1) is 13.5. The Bertz CT molecular complexity index is 1070. The number of aromatic nitrogens is 2. The molecule has 0 saturated carbocycles. The van der Waals surface area contributed by atoms with Crippen molar-refractivity contribution in [3.05, 3.63) is 50.7 Å². The van der Waals surface area contributed by atoms with Crippen LogP contribution in [0, 0.1) is 0 Å². The van der Waals surface area contributed by atoms with Gasteiger partial charge in [0.25, 0.3) is 0 Å². The number of carboxylic acid groups (broad SMARTS) is 1. The fourth-order valence-electron chi connectivity index (χ4n) is 3.10. The Hall–Kier alpha value is -2.00. The van der Waals surface area contributed by atoms with Crippen molar-refractivity contribution in [1.82, 2.24) is 9.38 Å². The Labute approximate surface area is 178 Å². The number of rotatable bonds is 4. The predicted octanol–water partition coefficient (Wildman–Crippen LogP) is 4.68. The molecule has 3 heterocycles. The van der Waals surface area contributed by atoms with E-state index in [9.17, 15) is 9.90 Å². The van der Waals surface area contributed by atoms with Crippen molar-refractivity contribution in [2.24, 2.45) is 0 Å². The van der Waals surface area contributed by atoms with Gasteiger partial charge in [-0.15, -0.1) is 0 Å². The Kier molecular flexibility index (Phi) is 5.37. The normalized spacial score (nSPS) is 14.5. The second kappa shape index (κ2) is 7.79. The van der Waals surface area contributed by atoms with Crippen LogP contribution in [-0.4, -0.2) is 46.8 Å². The fourth-order valence-corrected chi connectivity index (χ4v) is 4.11. The number of imidazole rings is 1. The van der Waals surface area contributed by atoms with Gasteiger partial charge in [0.1, 0.15) is 16.4 Å². The van der Waals surface area contributed by atoms with E-state index in [1.807, 2.05) is 0 Å². The number of ether oxygens (including phenoxy) is 1. The zero-order chi connectivity index (χ0) is 19.8. The van der Waals surface area contributed by atoms with Crippen LogP contribution in [0.25, 0.3) is 5.65 Å². The number of pyridine rings is 1. The largest absolute Gasteiger partial charge is 0.478 e. The molecule has 1 fully saturated rings. The molecule has 28 heavy (non-hydrogen) atoms. The van der Waals surface area contributed by atoms with Crippen LogP contribution in [0.15, 0.2) is 35.1 Å². The lowest BCUT2D eigenvalue weighted by molar-refractivity contribution is 0.0697. The van der Waals surface area contributed by atoms with Gasteiger partial charge in [-0.2, -0.15) is 0 Å². The van der Waals surface area contributed by atoms with Crippen molar-refractivity contribution >= 4 is 67.9 Å². The Morgan fingerprint density at radius 3 is 2.71 bits per heavy atom. The van der Waals surface area contributed by atoms with E-state index in [-0.39, 0.29) is 16.3 Å². The van der Waals surface area contributed by atoms with Crippen LogP contribution in [0.3, 0.4) is 0 Å². The zero-order valence-electron chi connectivity index (χ0n) is 14.5. The summed E-state index contributed by atoms with van der Waals surface area (Å²) in [6.07, 6.45) is 3.21. The van der Waals surface area contributed by atoms with Crippen LogP contribution in [0.2, 0.25) is 10.0 Å². The minimum Gasteiger partial charge on any atom is -0.478 e. The van der Waals surface area contributed by atoms with Crippen LogP contribution in [0.4, 0.5) is 17.2 Å². The second-order valence-electron chi connectivity index (χ2n) is 6.20. The molecular weight excluding hydrogens is 471 g/mol. The standard InChI is InChI=1S/C18H15BrCl2N4O3/c19-10-1-2-13(12(20)7-10)23-16-11(18(26)27)9-25-14(8-22-17(25)15(16)21)24-3-5-28-6-4-24/h1-2,7-9,23H,3-6H2,(H,26,27). The minimum atomic E-state index is -1.11. The van der Waals surface area contributed by atoms with Crippen molar-refractivity contribution in [1.29, 1.82) is 0 Å². The summed E-state index contributed by atoms with van der Waals surface area (Å²) in [7, 11) is 0. The monoisotopic (exact) mass is 484 g/mol. The van der Waals surface area contributed by atoms with Crippen molar-refractivity contribution in [3.8, 4) is 0 Å². The highest BCUT2D eigenvalue weighted by Gasteiger charge is 2.23. The van der Waals surface area contributed by atoms with Gasteiger partial charge >= 0.3 is 5.97 Å². The molecule has 146 valence electrons. The molecule has 7 nitrogen and oxygen atoms in total. The summed E-state index contributed by atoms with van der Waals surface area (Å²) in [5.41, 5.74) is 1.26. The smallest absolute Gasteiger partial charge is 0.339 e. The van der Waals surface area contributed by atoms with E-state index < -0.39 is 5.97 Å². The molecule has 0 spiro atoms. The average Bonchev–Trinajstić information content (AvgIpc) is 3.10. The van der Waals surface area contributed by atoms with Crippen molar-refractivity contribution in [3.63, 3.8) is 0 Å². The number of anilines is 3. The highest BCUT2D eigenvalue weighted by atomic mass is 79.9. The van der Waals surface area contributed by atoms with Gasteiger partial charge in [0, 0.05) is 23.8 Å². The number of hydrogen-bond acceptors (Lipinski definition) is 5. The molecule has 0 bridgehead atoms. The third-order valence-corrected chi connectivity index (χ3v) is 5.64. The maximum Gasteiger partial charge on any atom is 0.339 e. The lowest BCUT2D eigenvalue weighted by Gasteiger charge is -2.28. The summed E-state index contributed by atoms with van der Waals surface area (Å²) < 4.78 is 7.89. The molecule has 0 aliphatic carbocycles.